The molecule has 1 aromatic carbocycles. The summed E-state index contributed by atoms with van der Waals surface area (Å²) in [6, 6.07) is 6.97. The van der Waals surface area contributed by atoms with Crippen LogP contribution in [-0.4, -0.2) is 25.8 Å². The maximum absolute atomic E-state index is 12.5. The molecule has 5 heteroatoms. The number of benzene rings is 1. The Hall–Kier alpha value is -1.34. The van der Waals surface area contributed by atoms with E-state index in [0.717, 1.165) is 0 Å². The predicted molar refractivity (Wildman–Crippen MR) is 67.0 cm³/mol. The highest BCUT2D eigenvalue weighted by molar-refractivity contribution is 7.67. The van der Waals surface area contributed by atoms with Crippen molar-refractivity contribution in [1.29, 1.82) is 0 Å². The van der Waals surface area contributed by atoms with Crippen molar-refractivity contribution in [2.45, 2.75) is 6.92 Å². The first-order valence-electron chi connectivity index (χ1n) is 5.24. The van der Waals surface area contributed by atoms with Gasteiger partial charge in [-0.25, -0.2) is 4.79 Å². The van der Waals surface area contributed by atoms with Crippen LogP contribution >= 0.6 is 7.37 Å². The summed E-state index contributed by atoms with van der Waals surface area (Å²) in [4.78, 5) is 10.2. The van der Waals surface area contributed by atoms with Gasteiger partial charge in [-0.05, 0) is 19.1 Å². The molecule has 0 saturated heterocycles. The van der Waals surface area contributed by atoms with E-state index < -0.39 is 7.37 Å². The van der Waals surface area contributed by atoms with Gasteiger partial charge in [0.05, 0.1) is 18.1 Å². The van der Waals surface area contributed by atoms with Crippen LogP contribution in [-0.2, 0) is 13.9 Å². The molecule has 1 aromatic rings. The lowest BCUT2D eigenvalue weighted by atomic mass is 10.3. The molecule has 0 aliphatic heterocycles. The molecule has 0 spiro atoms. The fraction of sp³-hybridized carbons (Fsp3) is 0.333. The van der Waals surface area contributed by atoms with Gasteiger partial charge in [0.25, 0.3) is 0 Å². The molecule has 0 saturated carbocycles. The lowest BCUT2D eigenvalue weighted by Crippen LogP contribution is -2.13. The van der Waals surface area contributed by atoms with Crippen molar-refractivity contribution in [3.63, 3.8) is 0 Å². The predicted octanol–water partition coefficient (Wildman–Crippen LogP) is 2.02. The highest BCUT2D eigenvalue weighted by Gasteiger charge is 2.26. The fourth-order valence-electron chi connectivity index (χ4n) is 1.44. The van der Waals surface area contributed by atoms with Crippen LogP contribution < -0.4 is 10.0 Å². The first kappa shape index (κ1) is 13.7. The smallest absolute Gasteiger partial charge is 0.239 e. The number of rotatable bonds is 6. The SMILES string of the molecule is CCOc1ccccc1P(=O)(CC=C=O)OC. The lowest BCUT2D eigenvalue weighted by Gasteiger charge is -2.17. The molecule has 0 fully saturated rings. The lowest BCUT2D eigenvalue weighted by molar-refractivity contribution is 0.341. The number of ether oxygens (including phenoxy) is 1. The molecule has 0 bridgehead atoms. The number of hydrogen-bond acceptors (Lipinski definition) is 4. The van der Waals surface area contributed by atoms with Gasteiger partial charge in [-0.3, -0.25) is 4.57 Å². The quantitative estimate of drug-likeness (QED) is 0.575. The van der Waals surface area contributed by atoms with Gasteiger partial charge in [-0.2, -0.15) is 0 Å². The van der Waals surface area contributed by atoms with E-state index in [4.69, 9.17) is 9.26 Å². The maximum atomic E-state index is 12.5. The first-order chi connectivity index (χ1) is 8.18. The summed E-state index contributed by atoms with van der Waals surface area (Å²) < 4.78 is 23.0. The van der Waals surface area contributed by atoms with E-state index in [1.165, 1.54) is 13.2 Å². The van der Waals surface area contributed by atoms with Crippen molar-refractivity contribution >= 4 is 18.6 Å². The van der Waals surface area contributed by atoms with Gasteiger partial charge in [-0.15, -0.1) is 0 Å². The largest absolute Gasteiger partial charge is 0.493 e. The zero-order valence-electron chi connectivity index (χ0n) is 9.88. The summed E-state index contributed by atoms with van der Waals surface area (Å²) in [6.45, 7) is 2.32. The van der Waals surface area contributed by atoms with Crippen LogP contribution in [0.25, 0.3) is 0 Å². The van der Waals surface area contributed by atoms with E-state index in [1.807, 2.05) is 6.92 Å². The second kappa shape index (κ2) is 6.41. The average Bonchev–Trinajstić information content (AvgIpc) is 2.37. The minimum absolute atomic E-state index is 0.0249. The van der Waals surface area contributed by atoms with E-state index >= 15 is 0 Å². The fourth-order valence-corrected chi connectivity index (χ4v) is 3.09. The maximum Gasteiger partial charge on any atom is 0.239 e. The number of para-hydroxylation sites is 1. The van der Waals surface area contributed by atoms with Crippen molar-refractivity contribution in [2.75, 3.05) is 19.9 Å². The van der Waals surface area contributed by atoms with E-state index in [-0.39, 0.29) is 6.16 Å². The Kier molecular flexibility index (Phi) is 5.17. The molecule has 0 N–H and O–H groups in total. The number of allylic oxidation sites excluding steroid dienone is 1. The second-order valence-electron chi connectivity index (χ2n) is 3.26. The normalized spacial score (nSPS) is 13.5. The Morgan fingerprint density at radius 3 is 2.71 bits per heavy atom. The molecule has 1 atom stereocenters. The zero-order valence-corrected chi connectivity index (χ0v) is 10.8. The summed E-state index contributed by atoms with van der Waals surface area (Å²) in [5.41, 5.74) is 0. The van der Waals surface area contributed by atoms with Crippen LogP contribution in [0.2, 0.25) is 0 Å². The highest BCUT2D eigenvalue weighted by Crippen LogP contribution is 2.47. The Labute approximate surface area is 101 Å². The summed E-state index contributed by atoms with van der Waals surface area (Å²) in [5, 5.41) is 0.496. The van der Waals surface area contributed by atoms with Crippen LogP contribution in [0.3, 0.4) is 0 Å². The standard InChI is InChI=1S/C12H15O4P/c1-3-16-11-7-4-5-8-12(11)17(14,15-2)10-6-9-13/h4-8H,3,10H2,1-2H3. The van der Waals surface area contributed by atoms with Crippen LogP contribution in [0, 0.1) is 0 Å². The monoisotopic (exact) mass is 254 g/mol. The Morgan fingerprint density at radius 1 is 1.41 bits per heavy atom. The molecular weight excluding hydrogens is 239 g/mol. The van der Waals surface area contributed by atoms with Crippen LogP contribution in [0.1, 0.15) is 6.92 Å². The third-order valence-corrected chi connectivity index (χ3v) is 4.60. The van der Waals surface area contributed by atoms with Crippen molar-refractivity contribution < 1.29 is 18.6 Å². The minimum atomic E-state index is -3.08. The molecule has 0 amide bonds. The highest BCUT2D eigenvalue weighted by atomic mass is 31.2. The zero-order chi connectivity index (χ0) is 12.7. The molecule has 4 nitrogen and oxygen atoms in total. The Morgan fingerprint density at radius 2 is 2.12 bits per heavy atom. The third kappa shape index (κ3) is 3.31. The topological polar surface area (TPSA) is 52.6 Å². The van der Waals surface area contributed by atoms with Crippen molar-refractivity contribution in [3.8, 4) is 5.75 Å². The molecule has 17 heavy (non-hydrogen) atoms. The summed E-state index contributed by atoms with van der Waals surface area (Å²) in [6.07, 6.45) is 1.20. The van der Waals surface area contributed by atoms with Gasteiger partial charge < -0.3 is 9.26 Å². The van der Waals surface area contributed by atoms with Crippen molar-refractivity contribution in [2.24, 2.45) is 0 Å². The molecule has 0 aromatic heterocycles. The van der Waals surface area contributed by atoms with Crippen LogP contribution in [0.15, 0.2) is 30.3 Å². The number of hydrogen-bond donors (Lipinski definition) is 0. The summed E-state index contributed by atoms with van der Waals surface area (Å²) in [5.74, 6) is 2.14. The third-order valence-electron chi connectivity index (χ3n) is 2.24. The number of carbonyl (C=O) groups excluding carboxylic acids is 1. The summed E-state index contributed by atoms with van der Waals surface area (Å²) >= 11 is 0. The molecular formula is C12H15O4P. The van der Waals surface area contributed by atoms with E-state index in [0.29, 0.717) is 17.7 Å². The van der Waals surface area contributed by atoms with Gasteiger partial charge in [-0.1, -0.05) is 12.1 Å². The van der Waals surface area contributed by atoms with Crippen molar-refractivity contribution in [3.05, 3.63) is 30.3 Å². The van der Waals surface area contributed by atoms with E-state index in [9.17, 15) is 9.36 Å². The molecule has 0 aliphatic carbocycles. The Balaban J connectivity index is 3.18. The molecule has 92 valence electrons. The van der Waals surface area contributed by atoms with E-state index in [1.54, 1.807) is 30.2 Å². The van der Waals surface area contributed by atoms with Gasteiger partial charge in [0.1, 0.15) is 11.7 Å². The Bertz CT molecular complexity index is 463. The van der Waals surface area contributed by atoms with E-state index in [2.05, 4.69) is 0 Å². The molecule has 0 radical (unpaired) electrons. The molecule has 1 unspecified atom stereocenters. The van der Waals surface area contributed by atoms with Crippen molar-refractivity contribution in [1.82, 2.24) is 0 Å². The van der Waals surface area contributed by atoms with Gasteiger partial charge >= 0.3 is 0 Å². The molecule has 1 rings (SSSR count). The van der Waals surface area contributed by atoms with Gasteiger partial charge in [0.15, 0.2) is 0 Å². The summed E-state index contributed by atoms with van der Waals surface area (Å²) in [7, 11) is -1.72. The van der Waals surface area contributed by atoms with Gasteiger partial charge in [0.2, 0.25) is 7.37 Å². The average molecular weight is 254 g/mol. The van der Waals surface area contributed by atoms with Gasteiger partial charge in [0, 0.05) is 13.2 Å². The minimum Gasteiger partial charge on any atom is -0.493 e. The van der Waals surface area contributed by atoms with Crippen LogP contribution in [0.5, 0.6) is 5.75 Å². The second-order valence-corrected chi connectivity index (χ2v) is 5.82. The van der Waals surface area contributed by atoms with Crippen LogP contribution in [0.4, 0.5) is 0 Å². The molecule has 0 heterocycles. The first-order valence-corrected chi connectivity index (χ1v) is 7.05. The molecule has 0 aliphatic rings.